The van der Waals surface area contributed by atoms with Crippen LogP contribution in [0.3, 0.4) is 0 Å². The van der Waals surface area contributed by atoms with Gasteiger partial charge in [-0.15, -0.1) is 0 Å². The number of hydrogen-bond acceptors (Lipinski definition) is 3. The molecule has 4 atom stereocenters. The van der Waals surface area contributed by atoms with Gasteiger partial charge in [0.05, 0.1) is 16.7 Å². The molecule has 0 spiro atoms. The second-order valence-corrected chi connectivity index (χ2v) is 7.73. The van der Waals surface area contributed by atoms with E-state index in [1.807, 2.05) is 13.0 Å². The van der Waals surface area contributed by atoms with Gasteiger partial charge in [0.1, 0.15) is 0 Å². The summed E-state index contributed by atoms with van der Waals surface area (Å²) in [6, 6.07) is 8.98. The zero-order valence-electron chi connectivity index (χ0n) is 15.1. The number of carboxylic acid groups (broad SMARTS) is 3. The van der Waals surface area contributed by atoms with Crippen LogP contribution in [-0.2, 0) is 20.8 Å². The predicted molar refractivity (Wildman–Crippen MR) is 94.7 cm³/mol. The highest BCUT2D eigenvalue weighted by molar-refractivity contribution is 5.88. The van der Waals surface area contributed by atoms with Crippen molar-refractivity contribution in [3.63, 3.8) is 0 Å². The molecule has 3 N–H and O–H groups in total. The molecule has 142 valence electrons. The lowest BCUT2D eigenvalue weighted by molar-refractivity contribution is -0.185. The summed E-state index contributed by atoms with van der Waals surface area (Å²) >= 11 is 0. The second-order valence-electron chi connectivity index (χ2n) is 7.73. The Morgan fingerprint density at radius 1 is 1.08 bits per heavy atom. The van der Waals surface area contributed by atoms with E-state index < -0.39 is 34.7 Å². The van der Waals surface area contributed by atoms with Crippen LogP contribution in [0, 0.1) is 22.7 Å². The number of hydrogen-bond donors (Lipinski definition) is 3. The molecule has 1 aliphatic carbocycles. The molecule has 6 heteroatoms. The van der Waals surface area contributed by atoms with Crippen molar-refractivity contribution in [2.45, 2.75) is 46.0 Å². The van der Waals surface area contributed by atoms with Gasteiger partial charge in [-0.1, -0.05) is 44.2 Å². The molecule has 0 bridgehead atoms. The van der Waals surface area contributed by atoms with Gasteiger partial charge in [0.25, 0.3) is 0 Å². The van der Waals surface area contributed by atoms with E-state index in [-0.39, 0.29) is 31.6 Å². The topological polar surface area (TPSA) is 112 Å². The predicted octanol–water partition coefficient (Wildman–Crippen LogP) is 3.30. The lowest BCUT2D eigenvalue weighted by atomic mass is 9.49. The van der Waals surface area contributed by atoms with Crippen LogP contribution in [0.15, 0.2) is 30.3 Å². The molecule has 0 amide bonds. The van der Waals surface area contributed by atoms with Gasteiger partial charge in [0.2, 0.25) is 0 Å². The molecule has 4 unspecified atom stereocenters. The van der Waals surface area contributed by atoms with Gasteiger partial charge < -0.3 is 15.3 Å². The molecular weight excluding hydrogens is 336 g/mol. The Bertz CT molecular complexity index is 685. The van der Waals surface area contributed by atoms with Crippen molar-refractivity contribution in [2.75, 3.05) is 0 Å². The van der Waals surface area contributed by atoms with Gasteiger partial charge >= 0.3 is 17.9 Å². The van der Waals surface area contributed by atoms with Crippen LogP contribution >= 0.6 is 0 Å². The zero-order chi connectivity index (χ0) is 19.5. The molecule has 6 nitrogen and oxygen atoms in total. The SMILES string of the molecule is CC1CCC(CC(C)C(=O)O)(C(=O)O)C(Cc2ccccc2)(C(=O)O)C1. The first-order chi connectivity index (χ1) is 12.1. The number of aliphatic carboxylic acids is 3. The van der Waals surface area contributed by atoms with Gasteiger partial charge in [-0.05, 0) is 43.6 Å². The van der Waals surface area contributed by atoms with Crippen molar-refractivity contribution in [2.24, 2.45) is 22.7 Å². The third-order valence-electron chi connectivity index (χ3n) is 5.92. The molecule has 0 heterocycles. The normalized spacial score (nSPS) is 29.7. The van der Waals surface area contributed by atoms with Crippen molar-refractivity contribution in [1.29, 1.82) is 0 Å². The Hall–Kier alpha value is -2.37. The fourth-order valence-corrected chi connectivity index (χ4v) is 4.48. The van der Waals surface area contributed by atoms with E-state index in [1.54, 1.807) is 24.3 Å². The Kier molecular flexibility index (Phi) is 5.74. The molecular formula is C20H26O6. The monoisotopic (exact) mass is 362 g/mol. The van der Waals surface area contributed by atoms with Gasteiger partial charge in [0.15, 0.2) is 0 Å². The minimum Gasteiger partial charge on any atom is -0.481 e. The Morgan fingerprint density at radius 3 is 2.15 bits per heavy atom. The van der Waals surface area contributed by atoms with Gasteiger partial charge in [-0.25, -0.2) is 0 Å². The smallest absolute Gasteiger partial charge is 0.311 e. The first-order valence-electron chi connectivity index (χ1n) is 8.88. The molecule has 1 saturated carbocycles. The van der Waals surface area contributed by atoms with Crippen molar-refractivity contribution in [3.8, 4) is 0 Å². The maximum atomic E-state index is 12.5. The standard InChI is InChI=1S/C20H26O6/c1-13-8-9-19(17(23)24,11-14(2)16(21)22)20(10-13,18(25)26)12-15-6-4-3-5-7-15/h3-7,13-14H,8-12H2,1-2H3,(H,21,22)(H,23,24)(H,25,26). The van der Waals surface area contributed by atoms with Crippen molar-refractivity contribution in [1.82, 2.24) is 0 Å². The minimum atomic E-state index is -1.61. The van der Waals surface area contributed by atoms with Crippen LogP contribution in [0.2, 0.25) is 0 Å². The van der Waals surface area contributed by atoms with E-state index in [0.717, 1.165) is 5.56 Å². The van der Waals surface area contributed by atoms with E-state index in [2.05, 4.69) is 0 Å². The summed E-state index contributed by atoms with van der Waals surface area (Å²) in [5.41, 5.74) is -2.40. The molecule has 0 saturated heterocycles. The van der Waals surface area contributed by atoms with Crippen molar-refractivity contribution in [3.05, 3.63) is 35.9 Å². The quantitative estimate of drug-likeness (QED) is 0.686. The summed E-state index contributed by atoms with van der Waals surface area (Å²) in [5.74, 6) is -4.36. The molecule has 1 aromatic rings. The third-order valence-corrected chi connectivity index (χ3v) is 5.92. The van der Waals surface area contributed by atoms with Crippen LogP contribution in [0.25, 0.3) is 0 Å². The summed E-state index contributed by atoms with van der Waals surface area (Å²) in [7, 11) is 0. The molecule has 2 rings (SSSR count). The second kappa shape index (κ2) is 7.48. The van der Waals surface area contributed by atoms with E-state index in [0.29, 0.717) is 6.42 Å². The molecule has 1 fully saturated rings. The van der Waals surface area contributed by atoms with Crippen LogP contribution < -0.4 is 0 Å². The van der Waals surface area contributed by atoms with Gasteiger partial charge in [-0.3, -0.25) is 14.4 Å². The fourth-order valence-electron chi connectivity index (χ4n) is 4.48. The van der Waals surface area contributed by atoms with Crippen LogP contribution in [0.5, 0.6) is 0 Å². The summed E-state index contributed by atoms with van der Waals surface area (Å²) in [6.45, 7) is 3.37. The Balaban J connectivity index is 2.61. The van der Waals surface area contributed by atoms with Gasteiger partial charge in [-0.2, -0.15) is 0 Å². The molecule has 1 aromatic carbocycles. The Labute approximate surface area is 152 Å². The maximum Gasteiger partial charge on any atom is 0.311 e. The van der Waals surface area contributed by atoms with Crippen LogP contribution in [0.4, 0.5) is 0 Å². The number of rotatable bonds is 7. The van der Waals surface area contributed by atoms with E-state index >= 15 is 0 Å². The molecule has 26 heavy (non-hydrogen) atoms. The fraction of sp³-hybridized carbons (Fsp3) is 0.550. The molecule has 1 aliphatic rings. The van der Waals surface area contributed by atoms with Crippen LogP contribution in [0.1, 0.15) is 45.1 Å². The van der Waals surface area contributed by atoms with Crippen molar-refractivity contribution < 1.29 is 29.7 Å². The van der Waals surface area contributed by atoms with Crippen LogP contribution in [-0.4, -0.2) is 33.2 Å². The van der Waals surface area contributed by atoms with E-state index in [9.17, 15) is 29.7 Å². The maximum absolute atomic E-state index is 12.5. The minimum absolute atomic E-state index is 0.0578. The summed E-state index contributed by atoms with van der Waals surface area (Å²) < 4.78 is 0. The molecule has 0 radical (unpaired) electrons. The van der Waals surface area contributed by atoms with E-state index in [4.69, 9.17) is 0 Å². The highest BCUT2D eigenvalue weighted by Gasteiger charge is 2.63. The number of carbonyl (C=O) groups is 3. The highest BCUT2D eigenvalue weighted by atomic mass is 16.4. The lowest BCUT2D eigenvalue weighted by Gasteiger charge is -2.51. The highest BCUT2D eigenvalue weighted by Crippen LogP contribution is 2.57. The first-order valence-corrected chi connectivity index (χ1v) is 8.88. The largest absolute Gasteiger partial charge is 0.481 e. The Morgan fingerprint density at radius 2 is 1.65 bits per heavy atom. The summed E-state index contributed by atoms with van der Waals surface area (Å²) in [5, 5.41) is 29.6. The van der Waals surface area contributed by atoms with Gasteiger partial charge in [0, 0.05) is 0 Å². The lowest BCUT2D eigenvalue weighted by Crippen LogP contribution is -2.58. The molecule has 0 aromatic heterocycles. The zero-order valence-corrected chi connectivity index (χ0v) is 15.1. The average Bonchev–Trinajstić information content (AvgIpc) is 2.57. The first kappa shape index (κ1) is 19.9. The summed E-state index contributed by atoms with van der Waals surface area (Å²) in [4.78, 5) is 36.3. The number of benzene rings is 1. The molecule has 0 aliphatic heterocycles. The third kappa shape index (κ3) is 3.45. The van der Waals surface area contributed by atoms with Crippen molar-refractivity contribution >= 4 is 17.9 Å². The number of carboxylic acids is 3. The average molecular weight is 362 g/mol. The van der Waals surface area contributed by atoms with E-state index in [1.165, 1.54) is 6.92 Å². The summed E-state index contributed by atoms with van der Waals surface area (Å²) in [6.07, 6.45) is 0.842.